The topological polar surface area (TPSA) is 113 Å². The van der Waals surface area contributed by atoms with Crippen LogP contribution >= 0.6 is 0 Å². The molecule has 152 valence electrons. The maximum atomic E-state index is 12.4. The molecule has 0 saturated heterocycles. The van der Waals surface area contributed by atoms with Gasteiger partial charge in [-0.2, -0.15) is 5.10 Å². The first kappa shape index (κ1) is 20.1. The number of hydrogen-bond donors (Lipinski definition) is 1. The standard InChI is InChI=1S/C19H22N6O4/c1-4-9-29-14-7-5-13(6-8-14)10-21-22-15(26)11-25-12-20-17-16(25)18(27)24(3)19(28)23(17)2/h5-8,10,12H,4,9,11H2,1-3H3,(H,22,26)/b21-10-. The van der Waals surface area contributed by atoms with Gasteiger partial charge < -0.3 is 9.30 Å². The number of rotatable bonds is 7. The van der Waals surface area contributed by atoms with Crippen molar-refractivity contribution < 1.29 is 9.53 Å². The number of aryl methyl sites for hydroxylation is 1. The van der Waals surface area contributed by atoms with Crippen LogP contribution in [-0.2, 0) is 25.4 Å². The van der Waals surface area contributed by atoms with Crippen LogP contribution in [-0.4, -0.2) is 37.4 Å². The van der Waals surface area contributed by atoms with Gasteiger partial charge in [0.1, 0.15) is 12.3 Å². The second-order valence-electron chi connectivity index (χ2n) is 6.46. The first-order valence-corrected chi connectivity index (χ1v) is 9.08. The van der Waals surface area contributed by atoms with Crippen molar-refractivity contribution in [2.45, 2.75) is 19.9 Å². The molecular weight excluding hydrogens is 376 g/mol. The molecule has 1 aromatic carbocycles. The Morgan fingerprint density at radius 3 is 2.62 bits per heavy atom. The van der Waals surface area contributed by atoms with Crippen molar-refractivity contribution in [2.75, 3.05) is 6.61 Å². The van der Waals surface area contributed by atoms with Crippen LogP contribution in [0.3, 0.4) is 0 Å². The lowest BCUT2D eigenvalue weighted by Crippen LogP contribution is -2.38. The van der Waals surface area contributed by atoms with Crippen molar-refractivity contribution in [3.63, 3.8) is 0 Å². The third-order valence-corrected chi connectivity index (χ3v) is 4.29. The monoisotopic (exact) mass is 398 g/mol. The highest BCUT2D eigenvalue weighted by molar-refractivity contribution is 5.83. The summed E-state index contributed by atoms with van der Waals surface area (Å²) in [6.45, 7) is 2.53. The van der Waals surface area contributed by atoms with Gasteiger partial charge in [0.15, 0.2) is 11.2 Å². The summed E-state index contributed by atoms with van der Waals surface area (Å²) in [6, 6.07) is 7.31. The summed E-state index contributed by atoms with van der Waals surface area (Å²) in [5.41, 5.74) is 2.62. The molecule has 0 aliphatic rings. The van der Waals surface area contributed by atoms with E-state index in [9.17, 15) is 14.4 Å². The number of hydrazone groups is 1. The number of carbonyl (C=O) groups excluding carboxylic acids is 1. The van der Waals surface area contributed by atoms with E-state index in [1.165, 1.54) is 35.8 Å². The van der Waals surface area contributed by atoms with Crippen LogP contribution in [0.15, 0.2) is 45.3 Å². The third kappa shape index (κ3) is 4.26. The quantitative estimate of drug-likeness (QED) is 0.457. The average molecular weight is 398 g/mol. The van der Waals surface area contributed by atoms with Crippen molar-refractivity contribution in [2.24, 2.45) is 19.2 Å². The number of imidazole rings is 1. The van der Waals surface area contributed by atoms with Crippen molar-refractivity contribution >= 4 is 23.3 Å². The number of fused-ring (bicyclic) bond motifs is 1. The fourth-order valence-electron chi connectivity index (χ4n) is 2.76. The van der Waals surface area contributed by atoms with Crippen molar-refractivity contribution in [3.05, 3.63) is 57.0 Å². The van der Waals surface area contributed by atoms with Crippen LogP contribution in [0.25, 0.3) is 11.2 Å². The van der Waals surface area contributed by atoms with E-state index in [0.717, 1.165) is 22.3 Å². The molecule has 3 aromatic rings. The Morgan fingerprint density at radius 2 is 1.93 bits per heavy atom. The molecule has 0 unspecified atom stereocenters. The van der Waals surface area contributed by atoms with Gasteiger partial charge >= 0.3 is 5.69 Å². The molecular formula is C19H22N6O4. The normalized spacial score (nSPS) is 11.3. The fraction of sp³-hybridized carbons (Fsp3) is 0.316. The van der Waals surface area contributed by atoms with Crippen LogP contribution in [0, 0.1) is 0 Å². The first-order valence-electron chi connectivity index (χ1n) is 9.08. The van der Waals surface area contributed by atoms with Gasteiger partial charge in [-0.3, -0.25) is 18.7 Å². The Hall–Kier alpha value is -3.69. The summed E-state index contributed by atoms with van der Waals surface area (Å²) < 4.78 is 9.14. The summed E-state index contributed by atoms with van der Waals surface area (Å²) in [5.74, 6) is 0.343. The highest BCUT2D eigenvalue weighted by atomic mass is 16.5. The van der Waals surface area contributed by atoms with Crippen molar-refractivity contribution in [1.82, 2.24) is 24.1 Å². The first-order chi connectivity index (χ1) is 13.9. The number of hydrogen-bond acceptors (Lipinski definition) is 6. The van der Waals surface area contributed by atoms with Crippen molar-refractivity contribution in [3.8, 4) is 5.75 Å². The van der Waals surface area contributed by atoms with E-state index in [-0.39, 0.29) is 17.7 Å². The number of aromatic nitrogens is 4. The number of nitrogens with zero attached hydrogens (tertiary/aromatic N) is 5. The third-order valence-electron chi connectivity index (χ3n) is 4.29. The van der Waals surface area contributed by atoms with Crippen LogP contribution in [0.2, 0.25) is 0 Å². The van der Waals surface area contributed by atoms with Gasteiger partial charge in [0.25, 0.3) is 11.5 Å². The molecule has 1 amide bonds. The molecule has 0 bridgehead atoms. The average Bonchev–Trinajstić information content (AvgIpc) is 3.13. The molecule has 0 aliphatic heterocycles. The summed E-state index contributed by atoms with van der Waals surface area (Å²) in [4.78, 5) is 40.6. The molecule has 29 heavy (non-hydrogen) atoms. The lowest BCUT2D eigenvalue weighted by Gasteiger charge is -2.06. The van der Waals surface area contributed by atoms with E-state index in [4.69, 9.17) is 4.74 Å². The van der Waals surface area contributed by atoms with E-state index in [2.05, 4.69) is 15.5 Å². The number of ether oxygens (including phenoxy) is 1. The Bertz CT molecular complexity index is 1170. The summed E-state index contributed by atoms with van der Waals surface area (Å²) in [7, 11) is 2.90. The highest BCUT2D eigenvalue weighted by Gasteiger charge is 2.15. The van der Waals surface area contributed by atoms with Crippen LogP contribution < -0.4 is 21.4 Å². The zero-order valence-electron chi connectivity index (χ0n) is 16.5. The highest BCUT2D eigenvalue weighted by Crippen LogP contribution is 2.11. The largest absolute Gasteiger partial charge is 0.494 e. The second kappa shape index (κ2) is 8.55. The molecule has 0 aliphatic carbocycles. The maximum absolute atomic E-state index is 12.4. The summed E-state index contributed by atoms with van der Waals surface area (Å²) >= 11 is 0. The minimum absolute atomic E-state index is 0.162. The SMILES string of the molecule is CCCOc1ccc(/C=N\NC(=O)Cn2cnc3c2c(=O)n(C)c(=O)n3C)cc1. The van der Waals surface area contributed by atoms with E-state index >= 15 is 0 Å². The summed E-state index contributed by atoms with van der Waals surface area (Å²) in [5, 5.41) is 3.93. The van der Waals surface area contributed by atoms with Gasteiger partial charge in [0.05, 0.1) is 19.1 Å². The summed E-state index contributed by atoms with van der Waals surface area (Å²) in [6.07, 6.45) is 3.80. The van der Waals surface area contributed by atoms with Gasteiger partial charge in [0.2, 0.25) is 0 Å². The minimum Gasteiger partial charge on any atom is -0.494 e. The zero-order valence-corrected chi connectivity index (χ0v) is 16.5. The number of nitrogens with one attached hydrogen (secondary N) is 1. The second-order valence-corrected chi connectivity index (χ2v) is 6.46. The molecule has 2 aromatic heterocycles. The van der Waals surface area contributed by atoms with Gasteiger partial charge in [-0.05, 0) is 36.2 Å². The lowest BCUT2D eigenvalue weighted by molar-refractivity contribution is -0.121. The number of amides is 1. The van der Waals surface area contributed by atoms with Gasteiger partial charge in [-0.25, -0.2) is 15.2 Å². The Labute approximate surface area is 166 Å². The van der Waals surface area contributed by atoms with E-state index in [1.807, 2.05) is 31.2 Å². The number of carbonyl (C=O) groups is 1. The van der Waals surface area contributed by atoms with E-state index in [1.54, 1.807) is 0 Å². The molecule has 10 heteroatoms. The van der Waals surface area contributed by atoms with Crippen LogP contribution in [0.5, 0.6) is 5.75 Å². The van der Waals surface area contributed by atoms with Gasteiger partial charge in [-0.15, -0.1) is 0 Å². The zero-order chi connectivity index (χ0) is 21.0. The molecule has 0 radical (unpaired) electrons. The number of benzene rings is 1. The van der Waals surface area contributed by atoms with Crippen LogP contribution in [0.1, 0.15) is 18.9 Å². The predicted molar refractivity (Wildman–Crippen MR) is 108 cm³/mol. The maximum Gasteiger partial charge on any atom is 0.332 e. The van der Waals surface area contributed by atoms with Crippen LogP contribution in [0.4, 0.5) is 0 Å². The van der Waals surface area contributed by atoms with E-state index in [0.29, 0.717) is 6.61 Å². The molecule has 2 heterocycles. The molecule has 0 spiro atoms. The lowest BCUT2D eigenvalue weighted by atomic mass is 10.2. The Kier molecular flexibility index (Phi) is 5.91. The Balaban J connectivity index is 1.68. The van der Waals surface area contributed by atoms with Gasteiger partial charge in [0, 0.05) is 14.1 Å². The Morgan fingerprint density at radius 1 is 1.21 bits per heavy atom. The molecule has 1 N–H and O–H groups in total. The fourth-order valence-corrected chi connectivity index (χ4v) is 2.76. The smallest absolute Gasteiger partial charge is 0.332 e. The predicted octanol–water partition coefficient (Wildman–Crippen LogP) is 0.373. The molecule has 10 nitrogen and oxygen atoms in total. The molecule has 0 fully saturated rings. The molecule has 0 saturated carbocycles. The van der Waals surface area contributed by atoms with Gasteiger partial charge in [-0.1, -0.05) is 6.92 Å². The molecule has 3 rings (SSSR count). The van der Waals surface area contributed by atoms with Crippen molar-refractivity contribution in [1.29, 1.82) is 0 Å². The molecule has 0 atom stereocenters. The minimum atomic E-state index is -0.512. The van der Waals surface area contributed by atoms with E-state index < -0.39 is 17.2 Å².